The molecule has 0 aliphatic carbocycles. The molecule has 3 N–H and O–H groups in total. The largest absolute Gasteiger partial charge is 0.366 e. The summed E-state index contributed by atoms with van der Waals surface area (Å²) in [5, 5.41) is 10.9. The topological polar surface area (TPSA) is 132 Å². The molecule has 1 amide bonds. The summed E-state index contributed by atoms with van der Waals surface area (Å²) >= 11 is 5.93. The Morgan fingerprint density at radius 1 is 1.25 bits per heavy atom. The Bertz CT molecular complexity index is 943. The monoisotopic (exact) mass is 369 g/mol. The Labute approximate surface area is 142 Å². The highest BCUT2D eigenvalue weighted by molar-refractivity contribution is 7.92. The number of hydrogen-bond acceptors (Lipinski definition) is 5. The zero-order valence-electron chi connectivity index (χ0n) is 12.3. The summed E-state index contributed by atoms with van der Waals surface area (Å²) in [4.78, 5) is 21.1. The number of primary amides is 1. The van der Waals surface area contributed by atoms with Crippen LogP contribution in [0.4, 0.5) is 11.4 Å². The normalized spacial score (nSPS) is 11.1. The van der Waals surface area contributed by atoms with Crippen molar-refractivity contribution in [2.45, 2.75) is 11.8 Å². The molecule has 0 fully saturated rings. The van der Waals surface area contributed by atoms with Crippen molar-refractivity contribution in [1.82, 2.24) is 0 Å². The second kappa shape index (κ2) is 6.46. The number of non-ortho nitro benzene ring substituents is 1. The first-order chi connectivity index (χ1) is 11.1. The van der Waals surface area contributed by atoms with E-state index in [9.17, 15) is 23.3 Å². The van der Waals surface area contributed by atoms with Gasteiger partial charge in [-0.15, -0.1) is 0 Å². The molecule has 0 spiro atoms. The molecule has 0 aliphatic heterocycles. The maximum atomic E-state index is 12.5. The molecule has 0 radical (unpaired) electrons. The average molecular weight is 370 g/mol. The molecule has 2 rings (SSSR count). The smallest absolute Gasteiger partial charge is 0.270 e. The van der Waals surface area contributed by atoms with Gasteiger partial charge in [0, 0.05) is 17.7 Å². The Morgan fingerprint density at radius 2 is 1.92 bits per heavy atom. The average Bonchev–Trinajstić information content (AvgIpc) is 2.49. The lowest BCUT2D eigenvalue weighted by Crippen LogP contribution is -2.16. The SMILES string of the molecule is Cc1ccc([N+](=O)[O-])cc1S(=O)(=O)Nc1cc(C(N)=O)ccc1Cl. The van der Waals surface area contributed by atoms with E-state index in [1.54, 1.807) is 0 Å². The molecule has 0 unspecified atom stereocenters. The molecule has 8 nitrogen and oxygen atoms in total. The fourth-order valence-electron chi connectivity index (χ4n) is 1.95. The molecule has 24 heavy (non-hydrogen) atoms. The van der Waals surface area contributed by atoms with Crippen molar-refractivity contribution in [2.75, 3.05) is 4.72 Å². The Hall–Kier alpha value is -2.65. The molecule has 0 heterocycles. The number of halogens is 1. The standard InChI is InChI=1S/C14H12ClN3O5S/c1-8-2-4-10(18(20)21)7-13(8)24(22,23)17-12-6-9(14(16)19)3-5-11(12)15/h2-7,17H,1H3,(H2,16,19). The van der Waals surface area contributed by atoms with Crippen LogP contribution in [0.15, 0.2) is 41.3 Å². The third-order valence-corrected chi connectivity index (χ3v) is 5.00. The highest BCUT2D eigenvalue weighted by Crippen LogP contribution is 2.28. The first kappa shape index (κ1) is 17.7. The number of rotatable bonds is 5. The van der Waals surface area contributed by atoms with E-state index in [1.165, 1.54) is 37.3 Å². The molecular weight excluding hydrogens is 358 g/mol. The molecule has 0 aliphatic rings. The van der Waals surface area contributed by atoms with Crippen LogP contribution in [0, 0.1) is 17.0 Å². The lowest BCUT2D eigenvalue weighted by atomic mass is 10.2. The number of nitro groups is 1. The van der Waals surface area contributed by atoms with Gasteiger partial charge in [-0.3, -0.25) is 19.6 Å². The minimum atomic E-state index is -4.16. The lowest BCUT2D eigenvalue weighted by Gasteiger charge is -2.12. The zero-order valence-corrected chi connectivity index (χ0v) is 13.9. The quantitative estimate of drug-likeness (QED) is 0.617. The Morgan fingerprint density at radius 3 is 2.50 bits per heavy atom. The van der Waals surface area contributed by atoms with Gasteiger partial charge in [0.2, 0.25) is 5.91 Å². The molecule has 0 saturated heterocycles. The number of nitrogens with zero attached hydrogens (tertiary/aromatic N) is 1. The molecule has 0 aromatic heterocycles. The Kier molecular flexibility index (Phi) is 4.76. The van der Waals surface area contributed by atoms with Crippen LogP contribution < -0.4 is 10.5 Å². The van der Waals surface area contributed by atoms with Crippen molar-refractivity contribution in [3.05, 3.63) is 62.7 Å². The van der Waals surface area contributed by atoms with Crippen molar-refractivity contribution >= 4 is 38.9 Å². The summed E-state index contributed by atoms with van der Waals surface area (Å²) in [5.41, 5.74) is 5.11. The van der Waals surface area contributed by atoms with E-state index in [1.807, 2.05) is 0 Å². The van der Waals surface area contributed by atoms with E-state index in [-0.39, 0.29) is 26.9 Å². The van der Waals surface area contributed by atoms with Gasteiger partial charge >= 0.3 is 0 Å². The van der Waals surface area contributed by atoms with Crippen LogP contribution in [0.2, 0.25) is 5.02 Å². The minimum Gasteiger partial charge on any atom is -0.366 e. The fraction of sp³-hybridized carbons (Fsp3) is 0.0714. The fourth-order valence-corrected chi connectivity index (χ4v) is 3.51. The van der Waals surface area contributed by atoms with Gasteiger partial charge in [0.15, 0.2) is 0 Å². The summed E-state index contributed by atoms with van der Waals surface area (Å²) in [6.07, 6.45) is 0. The Balaban J connectivity index is 2.50. The van der Waals surface area contributed by atoms with Crippen molar-refractivity contribution < 1.29 is 18.1 Å². The van der Waals surface area contributed by atoms with E-state index in [0.717, 1.165) is 6.07 Å². The lowest BCUT2D eigenvalue weighted by molar-refractivity contribution is -0.385. The van der Waals surface area contributed by atoms with E-state index < -0.39 is 20.9 Å². The van der Waals surface area contributed by atoms with Crippen LogP contribution in [0.1, 0.15) is 15.9 Å². The second-order valence-electron chi connectivity index (χ2n) is 4.87. The maximum Gasteiger partial charge on any atom is 0.270 e. The number of benzene rings is 2. The first-order valence-corrected chi connectivity index (χ1v) is 8.35. The second-order valence-corrected chi connectivity index (χ2v) is 6.93. The highest BCUT2D eigenvalue weighted by Gasteiger charge is 2.22. The van der Waals surface area contributed by atoms with E-state index >= 15 is 0 Å². The number of amides is 1. The molecule has 2 aromatic rings. The number of carbonyl (C=O) groups excluding carboxylic acids is 1. The van der Waals surface area contributed by atoms with Gasteiger partial charge in [0.25, 0.3) is 15.7 Å². The number of carbonyl (C=O) groups is 1. The van der Waals surface area contributed by atoms with Gasteiger partial charge in [-0.05, 0) is 30.7 Å². The maximum absolute atomic E-state index is 12.5. The number of nitrogens with two attached hydrogens (primary N) is 1. The minimum absolute atomic E-state index is 0.0478. The summed E-state index contributed by atoms with van der Waals surface area (Å²) < 4.78 is 27.3. The summed E-state index contributed by atoms with van der Waals surface area (Å²) in [7, 11) is -4.16. The number of nitro benzene ring substituents is 1. The number of nitrogens with one attached hydrogen (secondary N) is 1. The first-order valence-electron chi connectivity index (χ1n) is 6.49. The van der Waals surface area contributed by atoms with Crippen molar-refractivity contribution in [1.29, 1.82) is 0 Å². The molecule has 126 valence electrons. The predicted molar refractivity (Wildman–Crippen MR) is 88.6 cm³/mol. The number of hydrogen-bond donors (Lipinski definition) is 2. The number of sulfonamides is 1. The van der Waals surface area contributed by atoms with Crippen LogP contribution in [0.3, 0.4) is 0 Å². The van der Waals surface area contributed by atoms with Crippen molar-refractivity contribution in [2.24, 2.45) is 5.73 Å². The van der Waals surface area contributed by atoms with Gasteiger partial charge in [0.05, 0.1) is 20.5 Å². The van der Waals surface area contributed by atoms with E-state index in [2.05, 4.69) is 4.72 Å². The zero-order chi connectivity index (χ0) is 18.1. The van der Waals surface area contributed by atoms with Gasteiger partial charge < -0.3 is 5.73 Å². The van der Waals surface area contributed by atoms with E-state index in [4.69, 9.17) is 17.3 Å². The molecule has 0 atom stereocenters. The molecule has 0 saturated carbocycles. The number of aryl methyl sites for hydroxylation is 1. The van der Waals surface area contributed by atoms with Crippen LogP contribution >= 0.6 is 11.6 Å². The molecule has 2 aromatic carbocycles. The van der Waals surface area contributed by atoms with Gasteiger partial charge in [-0.25, -0.2) is 8.42 Å². The summed E-state index contributed by atoms with van der Waals surface area (Å²) in [6.45, 7) is 1.50. The molecule has 10 heteroatoms. The van der Waals surface area contributed by atoms with Gasteiger partial charge in [0.1, 0.15) is 0 Å². The third-order valence-electron chi connectivity index (χ3n) is 3.17. The van der Waals surface area contributed by atoms with E-state index in [0.29, 0.717) is 5.56 Å². The molecular formula is C14H12ClN3O5S. The summed E-state index contributed by atoms with van der Waals surface area (Å²) in [6, 6.07) is 7.34. The van der Waals surface area contributed by atoms with Crippen LogP contribution in [0.25, 0.3) is 0 Å². The molecule has 0 bridgehead atoms. The van der Waals surface area contributed by atoms with Crippen LogP contribution in [0.5, 0.6) is 0 Å². The van der Waals surface area contributed by atoms with Crippen LogP contribution in [-0.4, -0.2) is 19.2 Å². The third kappa shape index (κ3) is 3.63. The van der Waals surface area contributed by atoms with Crippen molar-refractivity contribution in [3.8, 4) is 0 Å². The van der Waals surface area contributed by atoms with Gasteiger partial charge in [-0.2, -0.15) is 0 Å². The highest BCUT2D eigenvalue weighted by atomic mass is 35.5. The summed E-state index contributed by atoms with van der Waals surface area (Å²) in [5.74, 6) is -0.751. The van der Waals surface area contributed by atoms with Crippen molar-refractivity contribution in [3.63, 3.8) is 0 Å². The van der Waals surface area contributed by atoms with Crippen LogP contribution in [-0.2, 0) is 10.0 Å². The number of anilines is 1. The predicted octanol–water partition coefficient (Wildman–Crippen LogP) is 2.46. The van der Waals surface area contributed by atoms with Gasteiger partial charge in [-0.1, -0.05) is 17.7 Å².